The van der Waals surface area contributed by atoms with Crippen molar-refractivity contribution < 1.29 is 74.3 Å². The summed E-state index contributed by atoms with van der Waals surface area (Å²) < 4.78 is 101. The van der Waals surface area contributed by atoms with Gasteiger partial charge in [0.1, 0.15) is 52.9 Å². The van der Waals surface area contributed by atoms with Crippen molar-refractivity contribution in [2.75, 3.05) is 20.1 Å². The van der Waals surface area contributed by atoms with Gasteiger partial charge in [0, 0.05) is 94.0 Å². The molecule has 20 heteroatoms. The average molecular weight is 1100 g/mol. The van der Waals surface area contributed by atoms with Crippen LogP contribution in [0.5, 0.6) is 0 Å². The minimum Gasteiger partial charge on any atom is -0.461 e. The van der Waals surface area contributed by atoms with Gasteiger partial charge in [0.2, 0.25) is 17.7 Å². The van der Waals surface area contributed by atoms with Gasteiger partial charge >= 0.3 is 24.0 Å². The fourth-order valence-electron chi connectivity index (χ4n) is 10.3. The predicted molar refractivity (Wildman–Crippen MR) is 288 cm³/mol. The summed E-state index contributed by atoms with van der Waals surface area (Å²) in [5.74, 6) is -10.5. The van der Waals surface area contributed by atoms with Crippen LogP contribution in [0, 0.1) is 29.4 Å². The Morgan fingerprint density at radius 2 is 1.22 bits per heavy atom. The molecule has 2 aliphatic heterocycles. The number of nitrogens with one attached hydrogen (secondary N) is 3. The molecule has 2 saturated heterocycles. The molecule has 9 atom stereocenters. The lowest BCUT2D eigenvalue weighted by Crippen LogP contribution is -2.55. The molecule has 1 unspecified atom stereocenters. The number of likely N-dealkylation sites (tertiary alicyclic amines) is 2. The van der Waals surface area contributed by atoms with E-state index in [1.165, 1.54) is 82.5 Å². The number of Topliss-reactive ketones (excluding diaryl/α,β-unsaturated/α-hetero) is 1. The predicted octanol–water partition coefficient (Wildman–Crippen LogP) is 8.49. The fourth-order valence-corrected chi connectivity index (χ4v) is 10.3. The van der Waals surface area contributed by atoms with Gasteiger partial charge in [0.15, 0.2) is 0 Å². The quantitative estimate of drug-likeness (QED) is 0.0594. The first kappa shape index (κ1) is 51.9. The number of ketones is 1. The summed E-state index contributed by atoms with van der Waals surface area (Å²) in [6, 6.07) is 3.69. The van der Waals surface area contributed by atoms with E-state index < -0.39 is 145 Å². The van der Waals surface area contributed by atoms with Crippen LogP contribution >= 0.6 is 0 Å². The molecule has 4 amide bonds. The molecular formula is C58H78F2N6O12. The molecule has 0 spiro atoms. The zero-order valence-electron chi connectivity index (χ0n) is 52.5. The number of ether oxygens (including phenoxy) is 4. The van der Waals surface area contributed by atoms with E-state index in [0.29, 0.717) is 49.2 Å². The van der Waals surface area contributed by atoms with Crippen LogP contribution in [0.1, 0.15) is 141 Å². The van der Waals surface area contributed by atoms with Crippen LogP contribution in [0.3, 0.4) is 0 Å². The first-order chi connectivity index (χ1) is 38.8. The highest BCUT2D eigenvalue weighted by Crippen LogP contribution is 2.41. The molecule has 3 N–H and O–H groups in total. The standard InChI is InChI=1S/C58H78F2N6O12/c1-15-35(21-49(69)30(3)31(4)55(73)77-57(8,9)10)53(71)65-28-40(75-33(6)67)24-38(65)26-44-42-19-17-36(59)22-47(42)61-50(44)51-45(43-20-18-37(60)23-48(43)62-51)27-39-25-41(76-34(7)68)29-66(39)54(72)46(16-2)63-52(70)32(5)64(14)56(74)78-58(11,12)13/h17-20,22-23,30-32,35,38-41,46,61-62H,15-16,21,24-29H2,1-14H3,(H,63,70)/t30-,31?,32+,35-,38+,39+,40+,41+,46+/m1/s1/i4D3,14D3. The van der Waals surface area contributed by atoms with Crippen molar-refractivity contribution in [2.45, 2.75) is 182 Å². The van der Waals surface area contributed by atoms with Gasteiger partial charge in [0.05, 0.1) is 30.4 Å². The highest BCUT2D eigenvalue weighted by atomic mass is 19.1. The molecule has 0 saturated carbocycles. The van der Waals surface area contributed by atoms with Gasteiger partial charge in [-0.1, -0.05) is 27.6 Å². The zero-order chi connectivity index (χ0) is 62.9. The molecule has 426 valence electrons. The summed E-state index contributed by atoms with van der Waals surface area (Å²) in [6.07, 6.45) is -3.00. The zero-order valence-corrected chi connectivity index (χ0v) is 46.5. The van der Waals surface area contributed by atoms with Gasteiger partial charge in [-0.05, 0) is 122 Å². The van der Waals surface area contributed by atoms with Crippen LogP contribution in [-0.2, 0) is 65.4 Å². The van der Waals surface area contributed by atoms with Crippen molar-refractivity contribution >= 4 is 69.3 Å². The minimum absolute atomic E-state index is 0.00181. The lowest BCUT2D eigenvalue weighted by molar-refractivity contribution is -0.162. The number of benzene rings is 2. The molecule has 4 heterocycles. The lowest BCUT2D eigenvalue weighted by Gasteiger charge is -2.31. The second-order valence-electron chi connectivity index (χ2n) is 22.5. The summed E-state index contributed by atoms with van der Waals surface area (Å²) in [6.45, 7) is 11.3. The maximum atomic E-state index is 15.3. The maximum Gasteiger partial charge on any atom is 0.410 e. The molecule has 2 aromatic heterocycles. The largest absolute Gasteiger partial charge is 0.461 e. The summed E-state index contributed by atoms with van der Waals surface area (Å²) in [5.41, 5.74) is 0.299. The van der Waals surface area contributed by atoms with E-state index in [9.17, 15) is 38.4 Å². The van der Waals surface area contributed by atoms with E-state index in [1.54, 1.807) is 46.8 Å². The third-order valence-electron chi connectivity index (χ3n) is 14.2. The SMILES string of the molecule is [2H]C([2H])([2H])C(C(=O)OC(C)(C)C)[C@@H](C)C(=O)C[C@@H](CC)C(=O)N1C[C@@H](OC(C)=O)C[C@H]1Cc1c(-c2[nH]c3cc(F)ccc3c2C[C@@H]2C[C@H](OC(C)=O)CN2C(=O)[C@H](CC)NC(=O)[C@H](C)N(C(=O)OC(C)(C)C)C([2H])([2H])[2H])[nH]c2cc(F)ccc12. The Bertz CT molecular complexity index is 2940. The van der Waals surface area contributed by atoms with Gasteiger partial charge in [-0.25, -0.2) is 13.6 Å². The van der Waals surface area contributed by atoms with E-state index in [2.05, 4.69) is 15.3 Å². The molecular weight excluding hydrogens is 1010 g/mol. The van der Waals surface area contributed by atoms with Crippen LogP contribution in [0.15, 0.2) is 36.4 Å². The number of carbonyl (C=O) groups is 8. The fraction of sp³-hybridized carbons (Fsp3) is 0.586. The Morgan fingerprint density at radius 1 is 0.731 bits per heavy atom. The number of fused-ring (bicyclic) bond motifs is 2. The van der Waals surface area contributed by atoms with Crippen molar-refractivity contribution in [1.29, 1.82) is 0 Å². The van der Waals surface area contributed by atoms with Crippen molar-refractivity contribution in [3.8, 4) is 11.4 Å². The van der Waals surface area contributed by atoms with Gasteiger partial charge < -0.3 is 44.0 Å². The van der Waals surface area contributed by atoms with E-state index in [1.807, 2.05) is 0 Å². The highest BCUT2D eigenvalue weighted by molar-refractivity contribution is 5.97. The van der Waals surface area contributed by atoms with Gasteiger partial charge in [-0.3, -0.25) is 38.5 Å². The van der Waals surface area contributed by atoms with Crippen molar-refractivity contribution in [2.24, 2.45) is 17.8 Å². The van der Waals surface area contributed by atoms with Crippen LogP contribution in [0.4, 0.5) is 13.6 Å². The molecule has 2 aliphatic rings. The summed E-state index contributed by atoms with van der Waals surface area (Å²) in [4.78, 5) is 119. The number of rotatable bonds is 19. The Labute approximate surface area is 463 Å². The van der Waals surface area contributed by atoms with Crippen molar-refractivity contribution in [3.05, 3.63) is 59.2 Å². The van der Waals surface area contributed by atoms with Crippen LogP contribution in [-0.4, -0.2) is 140 Å². The third-order valence-corrected chi connectivity index (χ3v) is 14.2. The monoisotopic (exact) mass is 1090 g/mol. The smallest absolute Gasteiger partial charge is 0.410 e. The summed E-state index contributed by atoms with van der Waals surface area (Å²) >= 11 is 0. The maximum absolute atomic E-state index is 15.3. The number of carbonyl (C=O) groups excluding carboxylic acids is 8. The first-order valence-electron chi connectivity index (χ1n) is 29.5. The molecule has 2 aromatic carbocycles. The second-order valence-corrected chi connectivity index (χ2v) is 22.5. The average Bonchev–Trinajstić information content (AvgIpc) is 2.83. The molecule has 6 rings (SSSR count). The number of halogens is 2. The second kappa shape index (κ2) is 24.4. The normalized spacial score (nSPS) is 21.2. The number of aromatic amines is 2. The van der Waals surface area contributed by atoms with Gasteiger partial charge in [-0.2, -0.15) is 0 Å². The molecule has 0 radical (unpaired) electrons. The van der Waals surface area contributed by atoms with Gasteiger partial charge in [0.25, 0.3) is 0 Å². The number of hydrogen-bond acceptors (Lipinski definition) is 12. The van der Waals surface area contributed by atoms with Crippen LogP contribution in [0.2, 0.25) is 0 Å². The molecule has 4 aromatic rings. The van der Waals surface area contributed by atoms with E-state index in [-0.39, 0.29) is 51.6 Å². The first-order valence-corrected chi connectivity index (χ1v) is 26.5. The Morgan fingerprint density at radius 3 is 1.64 bits per heavy atom. The van der Waals surface area contributed by atoms with Crippen LogP contribution in [0.25, 0.3) is 33.2 Å². The van der Waals surface area contributed by atoms with Crippen molar-refractivity contribution in [1.82, 2.24) is 30.0 Å². The Balaban J connectivity index is 1.40. The van der Waals surface area contributed by atoms with E-state index >= 15 is 8.78 Å². The number of nitrogens with zero attached hydrogens (tertiary/aromatic N) is 3. The molecule has 78 heavy (non-hydrogen) atoms. The van der Waals surface area contributed by atoms with Crippen LogP contribution < -0.4 is 5.32 Å². The van der Waals surface area contributed by atoms with Crippen molar-refractivity contribution in [3.63, 3.8) is 0 Å². The highest BCUT2D eigenvalue weighted by Gasteiger charge is 2.44. The number of aromatic nitrogens is 2. The van der Waals surface area contributed by atoms with E-state index in [0.717, 1.165) is 0 Å². The number of esters is 3. The number of likely N-dealkylation sites (N-methyl/N-ethyl adjacent to an activating group) is 1. The Hall–Kier alpha value is -6.86. The lowest BCUT2D eigenvalue weighted by atomic mass is 9.85. The molecule has 0 bridgehead atoms. The summed E-state index contributed by atoms with van der Waals surface area (Å²) in [7, 11) is 0. The third kappa shape index (κ3) is 14.4. The molecule has 0 aliphatic carbocycles. The topological polar surface area (TPSA) is 227 Å². The summed E-state index contributed by atoms with van der Waals surface area (Å²) in [5, 5.41) is 3.65. The number of amides is 4. The molecule has 2 fully saturated rings. The van der Waals surface area contributed by atoms with E-state index in [4.69, 9.17) is 27.2 Å². The number of hydrogen-bond donors (Lipinski definition) is 3. The number of H-pyrrole nitrogens is 2. The van der Waals surface area contributed by atoms with Gasteiger partial charge in [-0.15, -0.1) is 0 Å². The minimum atomic E-state index is -3.12. The Kier molecular flexibility index (Phi) is 16.3. The molecule has 18 nitrogen and oxygen atoms in total.